The Balaban J connectivity index is 1.83. The Morgan fingerprint density at radius 1 is 1.24 bits per heavy atom. The summed E-state index contributed by atoms with van der Waals surface area (Å²) < 4.78 is 10.4. The van der Waals surface area contributed by atoms with E-state index in [-0.39, 0.29) is 5.91 Å². The summed E-state index contributed by atoms with van der Waals surface area (Å²) in [6.07, 6.45) is 8.65. The van der Waals surface area contributed by atoms with Gasteiger partial charge in [-0.3, -0.25) is 4.79 Å². The second-order valence-corrected chi connectivity index (χ2v) is 4.88. The third kappa shape index (κ3) is 4.38. The largest absolute Gasteiger partial charge is 0.493 e. The van der Waals surface area contributed by atoms with Crippen LogP contribution in [0.2, 0.25) is 0 Å². The fourth-order valence-corrected chi connectivity index (χ4v) is 2.28. The maximum atomic E-state index is 11.9. The molecule has 0 aliphatic heterocycles. The molecule has 1 amide bonds. The van der Waals surface area contributed by atoms with Gasteiger partial charge in [-0.05, 0) is 30.5 Å². The molecule has 0 spiro atoms. The summed E-state index contributed by atoms with van der Waals surface area (Å²) in [5, 5.41) is 2.94. The summed E-state index contributed by atoms with van der Waals surface area (Å²) in [6.45, 7) is 0.669. The standard InChI is InChI=1S/C17H21NO3/c1-20-15-8-7-14(11-16(15)21-2)12-17(19)18-10-9-13-5-3-4-6-13/h3,5-8,11H,4,9-10,12H2,1-2H3,(H,18,19). The lowest BCUT2D eigenvalue weighted by atomic mass is 10.1. The fraction of sp³-hybridized carbons (Fsp3) is 0.353. The highest BCUT2D eigenvalue weighted by atomic mass is 16.5. The predicted molar refractivity (Wildman–Crippen MR) is 82.7 cm³/mol. The van der Waals surface area contributed by atoms with Gasteiger partial charge in [-0.25, -0.2) is 0 Å². The molecule has 0 aromatic heterocycles. The monoisotopic (exact) mass is 287 g/mol. The first-order chi connectivity index (χ1) is 10.2. The van der Waals surface area contributed by atoms with E-state index in [1.165, 1.54) is 5.57 Å². The molecule has 0 atom stereocenters. The molecular weight excluding hydrogens is 266 g/mol. The molecule has 0 saturated carbocycles. The second kappa shape index (κ2) is 7.53. The van der Waals surface area contributed by atoms with Gasteiger partial charge in [0.1, 0.15) is 0 Å². The van der Waals surface area contributed by atoms with E-state index < -0.39 is 0 Å². The lowest BCUT2D eigenvalue weighted by molar-refractivity contribution is -0.120. The van der Waals surface area contributed by atoms with Gasteiger partial charge in [-0.15, -0.1) is 0 Å². The SMILES string of the molecule is COc1ccc(CC(=O)NCCC2=CCC=C2)cc1OC. The summed E-state index contributed by atoms with van der Waals surface area (Å²) in [5.74, 6) is 1.33. The summed E-state index contributed by atoms with van der Waals surface area (Å²) in [6, 6.07) is 5.53. The smallest absolute Gasteiger partial charge is 0.224 e. The van der Waals surface area contributed by atoms with Gasteiger partial charge in [0.15, 0.2) is 11.5 Å². The topological polar surface area (TPSA) is 47.6 Å². The van der Waals surface area contributed by atoms with Gasteiger partial charge >= 0.3 is 0 Å². The van der Waals surface area contributed by atoms with Crippen molar-refractivity contribution in [2.45, 2.75) is 19.3 Å². The first kappa shape index (κ1) is 15.2. The molecule has 21 heavy (non-hydrogen) atoms. The van der Waals surface area contributed by atoms with E-state index >= 15 is 0 Å². The molecule has 1 aromatic rings. The van der Waals surface area contributed by atoms with Crippen LogP contribution in [-0.4, -0.2) is 26.7 Å². The summed E-state index contributed by atoms with van der Waals surface area (Å²) in [7, 11) is 3.18. The molecule has 1 aliphatic rings. The zero-order valence-corrected chi connectivity index (χ0v) is 12.5. The number of rotatable bonds is 7. The van der Waals surface area contributed by atoms with Crippen molar-refractivity contribution in [3.05, 3.63) is 47.6 Å². The minimum Gasteiger partial charge on any atom is -0.493 e. The number of benzene rings is 1. The van der Waals surface area contributed by atoms with Crippen molar-refractivity contribution in [2.75, 3.05) is 20.8 Å². The van der Waals surface area contributed by atoms with Crippen LogP contribution >= 0.6 is 0 Å². The van der Waals surface area contributed by atoms with Crippen molar-refractivity contribution in [3.63, 3.8) is 0 Å². The highest BCUT2D eigenvalue weighted by molar-refractivity contribution is 5.78. The van der Waals surface area contributed by atoms with Crippen molar-refractivity contribution in [3.8, 4) is 11.5 Å². The second-order valence-electron chi connectivity index (χ2n) is 4.88. The van der Waals surface area contributed by atoms with Gasteiger partial charge < -0.3 is 14.8 Å². The van der Waals surface area contributed by atoms with E-state index in [1.807, 2.05) is 18.2 Å². The Morgan fingerprint density at radius 2 is 2.05 bits per heavy atom. The van der Waals surface area contributed by atoms with Gasteiger partial charge in [0, 0.05) is 6.54 Å². The Kier molecular flexibility index (Phi) is 5.43. The van der Waals surface area contributed by atoms with E-state index in [4.69, 9.17) is 9.47 Å². The first-order valence-corrected chi connectivity index (χ1v) is 7.06. The highest BCUT2D eigenvalue weighted by Crippen LogP contribution is 2.27. The molecule has 4 nitrogen and oxygen atoms in total. The number of hydrogen-bond donors (Lipinski definition) is 1. The summed E-state index contributed by atoms with van der Waals surface area (Å²) in [5.41, 5.74) is 2.20. The Labute approximate surface area is 125 Å². The van der Waals surface area contributed by atoms with Crippen LogP contribution in [0, 0.1) is 0 Å². The average molecular weight is 287 g/mol. The van der Waals surface area contributed by atoms with Crippen LogP contribution in [0.5, 0.6) is 11.5 Å². The van der Waals surface area contributed by atoms with E-state index in [1.54, 1.807) is 14.2 Å². The van der Waals surface area contributed by atoms with Crippen molar-refractivity contribution >= 4 is 5.91 Å². The Morgan fingerprint density at radius 3 is 2.71 bits per heavy atom. The molecule has 1 aromatic carbocycles. The third-order valence-electron chi connectivity index (χ3n) is 3.40. The number of carbonyl (C=O) groups excluding carboxylic acids is 1. The van der Waals surface area contributed by atoms with E-state index in [2.05, 4.69) is 23.5 Å². The number of hydrogen-bond acceptors (Lipinski definition) is 3. The number of carbonyl (C=O) groups is 1. The number of nitrogens with one attached hydrogen (secondary N) is 1. The van der Waals surface area contributed by atoms with Crippen LogP contribution in [-0.2, 0) is 11.2 Å². The van der Waals surface area contributed by atoms with Gasteiger partial charge in [0.25, 0.3) is 0 Å². The molecule has 0 radical (unpaired) electrons. The molecule has 1 aliphatic carbocycles. The predicted octanol–water partition coefficient (Wildman–Crippen LogP) is 2.64. The van der Waals surface area contributed by atoms with Crippen LogP contribution in [0.3, 0.4) is 0 Å². The van der Waals surface area contributed by atoms with Crippen LogP contribution in [0.1, 0.15) is 18.4 Å². The van der Waals surface area contributed by atoms with Crippen LogP contribution in [0.15, 0.2) is 42.0 Å². The lowest BCUT2D eigenvalue weighted by Crippen LogP contribution is -2.26. The van der Waals surface area contributed by atoms with Crippen molar-refractivity contribution < 1.29 is 14.3 Å². The molecular formula is C17H21NO3. The Hall–Kier alpha value is -2.23. The quantitative estimate of drug-likeness (QED) is 0.838. The molecule has 1 N–H and O–H groups in total. The molecule has 0 heterocycles. The summed E-state index contributed by atoms with van der Waals surface area (Å²) >= 11 is 0. The van der Waals surface area contributed by atoms with Gasteiger partial charge in [0.2, 0.25) is 5.91 Å². The maximum absolute atomic E-state index is 11.9. The van der Waals surface area contributed by atoms with Crippen molar-refractivity contribution in [2.24, 2.45) is 0 Å². The van der Waals surface area contributed by atoms with Gasteiger partial charge in [-0.2, -0.15) is 0 Å². The number of amides is 1. The number of methoxy groups -OCH3 is 2. The Bertz CT molecular complexity index is 561. The zero-order chi connectivity index (χ0) is 15.1. The highest BCUT2D eigenvalue weighted by Gasteiger charge is 2.08. The normalized spacial score (nSPS) is 13.0. The maximum Gasteiger partial charge on any atom is 0.224 e. The van der Waals surface area contributed by atoms with Gasteiger partial charge in [0.05, 0.1) is 20.6 Å². The van der Waals surface area contributed by atoms with Crippen LogP contribution in [0.25, 0.3) is 0 Å². The average Bonchev–Trinajstić information content (AvgIpc) is 3.00. The van der Waals surface area contributed by atoms with Crippen LogP contribution in [0.4, 0.5) is 0 Å². The molecule has 0 saturated heterocycles. The minimum absolute atomic E-state index is 0.0183. The van der Waals surface area contributed by atoms with Crippen LogP contribution < -0.4 is 14.8 Å². The molecule has 0 bridgehead atoms. The lowest BCUT2D eigenvalue weighted by Gasteiger charge is -2.10. The molecule has 112 valence electrons. The third-order valence-corrected chi connectivity index (χ3v) is 3.40. The first-order valence-electron chi connectivity index (χ1n) is 7.06. The summed E-state index contributed by atoms with van der Waals surface area (Å²) in [4.78, 5) is 11.9. The van der Waals surface area contributed by atoms with E-state index in [0.29, 0.717) is 24.5 Å². The molecule has 0 fully saturated rings. The van der Waals surface area contributed by atoms with Crippen molar-refractivity contribution in [1.29, 1.82) is 0 Å². The number of ether oxygens (including phenoxy) is 2. The van der Waals surface area contributed by atoms with Gasteiger partial charge in [-0.1, -0.05) is 29.9 Å². The van der Waals surface area contributed by atoms with Crippen molar-refractivity contribution in [1.82, 2.24) is 5.32 Å². The van der Waals surface area contributed by atoms with E-state index in [9.17, 15) is 4.79 Å². The molecule has 0 unspecified atom stereocenters. The molecule has 2 rings (SSSR count). The zero-order valence-electron chi connectivity index (χ0n) is 12.5. The fourth-order valence-electron chi connectivity index (χ4n) is 2.28. The number of allylic oxidation sites excluding steroid dienone is 3. The van der Waals surface area contributed by atoms with E-state index in [0.717, 1.165) is 18.4 Å². The minimum atomic E-state index is 0.0183. The molecule has 4 heteroatoms.